The van der Waals surface area contributed by atoms with Gasteiger partial charge >= 0.3 is 0 Å². The van der Waals surface area contributed by atoms with E-state index in [-0.39, 0.29) is 0 Å². The van der Waals surface area contributed by atoms with E-state index in [1.54, 1.807) is 26.8 Å². The Morgan fingerprint density at radius 2 is 1.56 bits per heavy atom. The van der Waals surface area contributed by atoms with E-state index in [0.29, 0.717) is 11.3 Å². The number of hydrazine groups is 1. The Balaban J connectivity index is 1.74. The molecule has 3 aromatic rings. The molecule has 1 aromatic heterocycles. The van der Waals surface area contributed by atoms with Gasteiger partial charge in [-0.05, 0) is 50.1 Å². The van der Waals surface area contributed by atoms with Crippen molar-refractivity contribution in [3.8, 4) is 5.69 Å². The van der Waals surface area contributed by atoms with E-state index >= 15 is 0 Å². The number of halogens is 1. The molecule has 2 aromatic carbocycles. The summed E-state index contributed by atoms with van der Waals surface area (Å²) in [5, 5.41) is 0. The highest BCUT2D eigenvalue weighted by Crippen LogP contribution is 2.20. The quantitative estimate of drug-likeness (QED) is 0.446. The average molecular weight is 487 g/mol. The average Bonchev–Trinajstić information content (AvgIpc) is 3.10. The van der Waals surface area contributed by atoms with Crippen molar-refractivity contribution >= 4 is 21.8 Å². The van der Waals surface area contributed by atoms with Crippen molar-refractivity contribution in [2.75, 3.05) is 0 Å². The van der Waals surface area contributed by atoms with Crippen LogP contribution in [0.2, 0.25) is 0 Å². The molecule has 8 nitrogen and oxygen atoms in total. The first-order chi connectivity index (χ1) is 16.0. The largest absolute Gasteiger partial charge is 0.318 e. The van der Waals surface area contributed by atoms with Crippen LogP contribution in [0.5, 0.6) is 0 Å². The van der Waals surface area contributed by atoms with Gasteiger partial charge in [0.25, 0.3) is 11.8 Å². The molecule has 180 valence electrons. The molecule has 0 bridgehead atoms. The fourth-order valence-corrected chi connectivity index (χ4v) is 5.04. The number of para-hydroxylation sites is 1. The van der Waals surface area contributed by atoms with Crippen LogP contribution in [0.3, 0.4) is 0 Å². The van der Waals surface area contributed by atoms with Crippen LogP contribution in [-0.2, 0) is 14.8 Å². The summed E-state index contributed by atoms with van der Waals surface area (Å²) in [5.41, 5.74) is 7.38. The summed E-state index contributed by atoms with van der Waals surface area (Å²) < 4.78 is 43.4. The number of amides is 2. The molecule has 1 heterocycles. The summed E-state index contributed by atoms with van der Waals surface area (Å²) in [7, 11) is -4.31. The van der Waals surface area contributed by atoms with Gasteiger partial charge in [0, 0.05) is 17.1 Å². The Morgan fingerprint density at radius 3 is 2.18 bits per heavy atom. The normalized spacial score (nSPS) is 12.4. The topological polar surface area (TPSA) is 109 Å². The van der Waals surface area contributed by atoms with Gasteiger partial charge in [0.1, 0.15) is 16.8 Å². The van der Waals surface area contributed by atoms with Gasteiger partial charge in [0.15, 0.2) is 0 Å². The smallest absolute Gasteiger partial charge is 0.271 e. The summed E-state index contributed by atoms with van der Waals surface area (Å²) in [6.07, 6.45) is 0. The van der Waals surface area contributed by atoms with Crippen LogP contribution in [0.15, 0.2) is 65.6 Å². The third-order valence-electron chi connectivity index (χ3n) is 5.35. The van der Waals surface area contributed by atoms with Crippen molar-refractivity contribution in [1.29, 1.82) is 0 Å². The molecular formula is C24H27FN4O4S. The Labute approximate surface area is 198 Å². The lowest BCUT2D eigenvalue weighted by Gasteiger charge is -2.22. The molecule has 10 heteroatoms. The van der Waals surface area contributed by atoms with Gasteiger partial charge in [-0.1, -0.05) is 44.2 Å². The number of sulfonamides is 1. The van der Waals surface area contributed by atoms with Gasteiger partial charge in [-0.3, -0.25) is 20.4 Å². The molecule has 0 saturated heterocycles. The molecule has 0 unspecified atom stereocenters. The molecule has 1 atom stereocenters. The van der Waals surface area contributed by atoms with E-state index in [1.165, 1.54) is 12.1 Å². The lowest BCUT2D eigenvalue weighted by molar-refractivity contribution is -0.124. The second-order valence-electron chi connectivity index (χ2n) is 8.17. The van der Waals surface area contributed by atoms with E-state index in [1.807, 2.05) is 41.8 Å². The fraction of sp³-hybridized carbons (Fsp3) is 0.250. The molecule has 0 radical (unpaired) electrons. The zero-order valence-electron chi connectivity index (χ0n) is 19.3. The molecule has 0 aliphatic heterocycles. The minimum Gasteiger partial charge on any atom is -0.318 e. The number of carbonyl (C=O) groups is 2. The Morgan fingerprint density at radius 1 is 0.941 bits per heavy atom. The number of carbonyl (C=O) groups excluding carboxylic acids is 2. The number of hydrogen-bond donors (Lipinski definition) is 3. The van der Waals surface area contributed by atoms with Crippen molar-refractivity contribution in [2.24, 2.45) is 5.92 Å². The zero-order chi connectivity index (χ0) is 25.0. The van der Waals surface area contributed by atoms with Gasteiger partial charge in [-0.25, -0.2) is 12.8 Å². The van der Waals surface area contributed by atoms with Crippen molar-refractivity contribution in [3.63, 3.8) is 0 Å². The maximum atomic E-state index is 14.0. The number of aromatic nitrogens is 1. The minimum absolute atomic E-state index is 0.356. The number of rotatable bonds is 7. The van der Waals surface area contributed by atoms with Gasteiger partial charge in [0.05, 0.1) is 5.56 Å². The lowest BCUT2D eigenvalue weighted by atomic mass is 10.1. The monoisotopic (exact) mass is 486 g/mol. The Kier molecular flexibility index (Phi) is 7.53. The highest BCUT2D eigenvalue weighted by molar-refractivity contribution is 7.89. The summed E-state index contributed by atoms with van der Waals surface area (Å²) in [6.45, 7) is 6.91. The number of hydrogen-bond acceptors (Lipinski definition) is 4. The number of nitrogens with zero attached hydrogens (tertiary/aromatic N) is 1. The van der Waals surface area contributed by atoms with Crippen LogP contribution in [0, 0.1) is 25.6 Å². The first-order valence-electron chi connectivity index (χ1n) is 10.6. The van der Waals surface area contributed by atoms with E-state index in [2.05, 4.69) is 15.6 Å². The molecule has 0 aliphatic carbocycles. The SMILES string of the molecule is Cc1cc(C(=O)NNC(=O)[C@@H](NS(=O)(=O)c2ccccc2F)C(C)C)c(C)n1-c1ccccc1. The molecular weight excluding hydrogens is 459 g/mol. The number of nitrogens with one attached hydrogen (secondary N) is 3. The first-order valence-corrected chi connectivity index (χ1v) is 12.1. The highest BCUT2D eigenvalue weighted by atomic mass is 32.2. The minimum atomic E-state index is -4.31. The Hall–Kier alpha value is -3.50. The summed E-state index contributed by atoms with van der Waals surface area (Å²) in [4.78, 5) is 25.0. The van der Waals surface area contributed by atoms with Crippen LogP contribution in [0.25, 0.3) is 5.69 Å². The number of aryl methyl sites for hydroxylation is 1. The van der Waals surface area contributed by atoms with Crippen molar-refractivity contribution < 1.29 is 22.4 Å². The zero-order valence-corrected chi connectivity index (χ0v) is 20.1. The highest BCUT2D eigenvalue weighted by Gasteiger charge is 2.30. The first kappa shape index (κ1) is 25.1. The van der Waals surface area contributed by atoms with Crippen molar-refractivity contribution in [3.05, 3.63) is 83.4 Å². The predicted octanol–water partition coefficient (Wildman–Crippen LogP) is 3.00. The molecule has 3 N–H and O–H groups in total. The van der Waals surface area contributed by atoms with Crippen LogP contribution in [-0.4, -0.2) is 30.8 Å². The fourth-order valence-electron chi connectivity index (χ4n) is 3.62. The maximum absolute atomic E-state index is 14.0. The molecule has 3 rings (SSSR count). The van der Waals surface area contributed by atoms with Crippen LogP contribution in [0.4, 0.5) is 4.39 Å². The van der Waals surface area contributed by atoms with Gasteiger partial charge in [0.2, 0.25) is 10.0 Å². The molecule has 0 aliphatic rings. The molecule has 0 fully saturated rings. The van der Waals surface area contributed by atoms with Crippen molar-refractivity contribution in [1.82, 2.24) is 20.1 Å². The van der Waals surface area contributed by atoms with Crippen LogP contribution < -0.4 is 15.6 Å². The number of benzene rings is 2. The maximum Gasteiger partial charge on any atom is 0.271 e. The Bertz CT molecular complexity index is 1300. The molecule has 34 heavy (non-hydrogen) atoms. The molecule has 2 amide bonds. The third-order valence-corrected chi connectivity index (χ3v) is 6.82. The van der Waals surface area contributed by atoms with E-state index in [0.717, 1.165) is 23.5 Å². The van der Waals surface area contributed by atoms with E-state index in [4.69, 9.17) is 0 Å². The van der Waals surface area contributed by atoms with Gasteiger partial charge < -0.3 is 4.57 Å². The van der Waals surface area contributed by atoms with Crippen molar-refractivity contribution in [2.45, 2.75) is 38.6 Å². The van der Waals surface area contributed by atoms with E-state index < -0.39 is 44.5 Å². The molecule has 0 saturated carbocycles. The lowest BCUT2D eigenvalue weighted by Crippen LogP contribution is -2.54. The second-order valence-corrected chi connectivity index (χ2v) is 9.85. The summed E-state index contributed by atoms with van der Waals surface area (Å²) >= 11 is 0. The van der Waals surface area contributed by atoms with E-state index in [9.17, 15) is 22.4 Å². The third kappa shape index (κ3) is 5.35. The van der Waals surface area contributed by atoms with Gasteiger partial charge in [-0.2, -0.15) is 4.72 Å². The summed E-state index contributed by atoms with van der Waals surface area (Å²) in [5.74, 6) is -2.75. The molecule has 0 spiro atoms. The standard InChI is InChI=1S/C24H27FN4O4S/c1-15(2)22(28-34(32,33)21-13-9-8-12-20(21)25)24(31)27-26-23(30)19-14-16(3)29(17(19)4)18-10-6-5-7-11-18/h5-15,22,28H,1-4H3,(H,26,30)(H,27,31)/t22-/m0/s1. The van der Waals surface area contributed by atoms with Crippen LogP contribution >= 0.6 is 0 Å². The van der Waals surface area contributed by atoms with Crippen LogP contribution in [0.1, 0.15) is 35.6 Å². The van der Waals surface area contributed by atoms with Gasteiger partial charge in [-0.15, -0.1) is 0 Å². The summed E-state index contributed by atoms with van der Waals surface area (Å²) in [6, 6.07) is 14.8. The predicted molar refractivity (Wildman–Crippen MR) is 126 cm³/mol. The second kappa shape index (κ2) is 10.2.